The van der Waals surface area contributed by atoms with Crippen molar-refractivity contribution in [1.29, 1.82) is 0 Å². The minimum Gasteiger partial charge on any atom is -0.351 e. The number of aryl methyl sites for hydroxylation is 1. The average Bonchev–Trinajstić information content (AvgIpc) is 3.51. The number of rotatable bonds is 7. The van der Waals surface area contributed by atoms with E-state index in [1.54, 1.807) is 23.0 Å². The second-order valence-corrected chi connectivity index (χ2v) is 8.14. The number of hydrogen-bond acceptors (Lipinski definition) is 7. The van der Waals surface area contributed by atoms with Crippen molar-refractivity contribution in [3.63, 3.8) is 0 Å². The summed E-state index contributed by atoms with van der Waals surface area (Å²) in [4.78, 5) is 28.7. The molecule has 1 amide bonds. The molecule has 2 N–H and O–H groups in total. The van der Waals surface area contributed by atoms with Gasteiger partial charge >= 0.3 is 0 Å². The SMILES string of the molecule is Cc1cccc(-c2nc(Nc3ccncc3C(=O)NCCN3CCCC3)c3cccn3n2)n1. The topological polar surface area (TPSA) is 100 Å². The lowest BCUT2D eigenvalue weighted by Crippen LogP contribution is -2.33. The largest absolute Gasteiger partial charge is 0.351 e. The first-order valence-electron chi connectivity index (χ1n) is 11.2. The Labute approximate surface area is 191 Å². The van der Waals surface area contributed by atoms with E-state index in [-0.39, 0.29) is 5.91 Å². The van der Waals surface area contributed by atoms with Gasteiger partial charge in [-0.15, -0.1) is 5.10 Å². The van der Waals surface area contributed by atoms with Gasteiger partial charge in [0.2, 0.25) is 5.82 Å². The summed E-state index contributed by atoms with van der Waals surface area (Å²) in [5.41, 5.74) is 3.47. The lowest BCUT2D eigenvalue weighted by molar-refractivity contribution is 0.0950. The molecule has 5 heterocycles. The zero-order chi connectivity index (χ0) is 22.6. The van der Waals surface area contributed by atoms with E-state index >= 15 is 0 Å². The van der Waals surface area contributed by atoms with Crippen molar-refractivity contribution in [3.8, 4) is 11.5 Å². The number of pyridine rings is 2. The highest BCUT2D eigenvalue weighted by atomic mass is 16.1. The molecule has 33 heavy (non-hydrogen) atoms. The molecule has 168 valence electrons. The van der Waals surface area contributed by atoms with Crippen LogP contribution in [0.25, 0.3) is 17.0 Å². The molecule has 0 aliphatic carbocycles. The van der Waals surface area contributed by atoms with E-state index in [9.17, 15) is 4.79 Å². The standard InChI is InChI=1S/C24H26N8O/c1-17-6-4-7-20(27-17)22-29-23(21-8-5-14-32(21)30-22)28-19-9-10-25-16-18(19)24(33)26-11-15-31-12-2-3-13-31/h4-10,14,16H,2-3,11-13,15H2,1H3,(H,26,33)(H,25,28,29,30). The number of anilines is 2. The maximum atomic E-state index is 12.9. The summed E-state index contributed by atoms with van der Waals surface area (Å²) >= 11 is 0. The number of nitrogens with zero attached hydrogens (tertiary/aromatic N) is 6. The molecule has 0 atom stereocenters. The van der Waals surface area contributed by atoms with Crippen LogP contribution in [-0.4, -0.2) is 61.6 Å². The van der Waals surface area contributed by atoms with Crippen molar-refractivity contribution in [2.75, 3.05) is 31.5 Å². The fraction of sp³-hybridized carbons (Fsp3) is 0.292. The number of likely N-dealkylation sites (tertiary alicyclic amines) is 1. The Morgan fingerprint density at radius 1 is 1.09 bits per heavy atom. The second kappa shape index (κ2) is 9.33. The lowest BCUT2D eigenvalue weighted by atomic mass is 10.2. The van der Waals surface area contributed by atoms with Crippen molar-refractivity contribution in [1.82, 2.24) is 34.8 Å². The van der Waals surface area contributed by atoms with Crippen molar-refractivity contribution in [2.45, 2.75) is 19.8 Å². The molecule has 4 aromatic heterocycles. The maximum Gasteiger partial charge on any atom is 0.255 e. The van der Waals surface area contributed by atoms with Crippen LogP contribution in [0.5, 0.6) is 0 Å². The van der Waals surface area contributed by atoms with Gasteiger partial charge in [0, 0.05) is 37.4 Å². The average molecular weight is 443 g/mol. The molecule has 0 radical (unpaired) electrons. The van der Waals surface area contributed by atoms with Gasteiger partial charge in [-0.05, 0) is 63.2 Å². The molecule has 1 aliphatic rings. The number of carbonyl (C=O) groups is 1. The minimum absolute atomic E-state index is 0.161. The summed E-state index contributed by atoms with van der Waals surface area (Å²) in [7, 11) is 0. The highest BCUT2D eigenvalue weighted by molar-refractivity contribution is 6.00. The number of hydrogen-bond donors (Lipinski definition) is 2. The molecular formula is C24H26N8O. The monoisotopic (exact) mass is 442 g/mol. The van der Waals surface area contributed by atoms with Crippen LogP contribution in [0.3, 0.4) is 0 Å². The predicted molar refractivity (Wildman–Crippen MR) is 126 cm³/mol. The van der Waals surface area contributed by atoms with Gasteiger partial charge in [0.15, 0.2) is 5.82 Å². The van der Waals surface area contributed by atoms with Gasteiger partial charge in [0.25, 0.3) is 5.91 Å². The quantitative estimate of drug-likeness (QED) is 0.454. The third-order valence-electron chi connectivity index (χ3n) is 5.74. The maximum absolute atomic E-state index is 12.9. The molecule has 5 rings (SSSR count). The third kappa shape index (κ3) is 4.68. The molecule has 1 saturated heterocycles. The molecule has 9 heteroatoms. The van der Waals surface area contributed by atoms with Crippen molar-refractivity contribution >= 4 is 22.9 Å². The van der Waals surface area contributed by atoms with Crippen LogP contribution in [-0.2, 0) is 0 Å². The van der Waals surface area contributed by atoms with Crippen LogP contribution < -0.4 is 10.6 Å². The molecule has 0 aromatic carbocycles. The van der Waals surface area contributed by atoms with E-state index in [0.29, 0.717) is 35.1 Å². The zero-order valence-electron chi connectivity index (χ0n) is 18.5. The molecular weight excluding hydrogens is 416 g/mol. The first kappa shape index (κ1) is 21.0. The first-order chi connectivity index (χ1) is 16.2. The molecule has 4 aromatic rings. The Hall–Kier alpha value is -3.85. The summed E-state index contributed by atoms with van der Waals surface area (Å²) in [6, 6.07) is 11.4. The van der Waals surface area contributed by atoms with Crippen LogP contribution in [0.1, 0.15) is 28.9 Å². The Morgan fingerprint density at radius 2 is 1.97 bits per heavy atom. The van der Waals surface area contributed by atoms with E-state index in [1.807, 2.05) is 43.5 Å². The smallest absolute Gasteiger partial charge is 0.255 e. The molecule has 0 bridgehead atoms. The third-order valence-corrected chi connectivity index (χ3v) is 5.74. The Morgan fingerprint density at radius 3 is 2.82 bits per heavy atom. The summed E-state index contributed by atoms with van der Waals surface area (Å²) in [5, 5.41) is 10.9. The van der Waals surface area contributed by atoms with E-state index < -0.39 is 0 Å². The normalized spacial score (nSPS) is 14.0. The van der Waals surface area contributed by atoms with E-state index in [0.717, 1.165) is 30.8 Å². The first-order valence-corrected chi connectivity index (χ1v) is 11.2. The van der Waals surface area contributed by atoms with Gasteiger partial charge in [0.05, 0.1) is 11.3 Å². The van der Waals surface area contributed by atoms with Gasteiger partial charge in [-0.3, -0.25) is 9.78 Å². The van der Waals surface area contributed by atoms with E-state index in [4.69, 9.17) is 4.98 Å². The summed E-state index contributed by atoms with van der Waals surface area (Å²) in [6.07, 6.45) is 7.56. The van der Waals surface area contributed by atoms with Crippen molar-refractivity contribution in [3.05, 3.63) is 66.2 Å². The van der Waals surface area contributed by atoms with Crippen LogP contribution in [0.15, 0.2) is 55.0 Å². The molecule has 1 aliphatic heterocycles. The van der Waals surface area contributed by atoms with Gasteiger partial charge in [-0.25, -0.2) is 14.5 Å². The van der Waals surface area contributed by atoms with E-state index in [2.05, 4.69) is 30.6 Å². The van der Waals surface area contributed by atoms with Gasteiger partial charge in [-0.1, -0.05) is 6.07 Å². The van der Waals surface area contributed by atoms with Crippen molar-refractivity contribution in [2.24, 2.45) is 0 Å². The fourth-order valence-corrected chi connectivity index (χ4v) is 4.04. The Kier molecular flexibility index (Phi) is 5.95. The number of amides is 1. The van der Waals surface area contributed by atoms with Gasteiger partial charge < -0.3 is 15.5 Å². The molecule has 9 nitrogen and oxygen atoms in total. The van der Waals surface area contributed by atoms with Crippen LogP contribution in [0.2, 0.25) is 0 Å². The number of aromatic nitrogens is 5. The van der Waals surface area contributed by atoms with E-state index in [1.165, 1.54) is 12.8 Å². The predicted octanol–water partition coefficient (Wildman–Crippen LogP) is 3.06. The molecule has 0 spiro atoms. The molecule has 1 fully saturated rings. The lowest BCUT2D eigenvalue weighted by Gasteiger charge is -2.16. The summed E-state index contributed by atoms with van der Waals surface area (Å²) < 4.78 is 1.76. The summed E-state index contributed by atoms with van der Waals surface area (Å²) in [6.45, 7) is 5.61. The zero-order valence-corrected chi connectivity index (χ0v) is 18.5. The summed E-state index contributed by atoms with van der Waals surface area (Å²) in [5.74, 6) is 0.923. The van der Waals surface area contributed by atoms with Crippen LogP contribution in [0, 0.1) is 6.92 Å². The van der Waals surface area contributed by atoms with Gasteiger partial charge in [0.1, 0.15) is 11.2 Å². The Bertz CT molecular complexity index is 1280. The van der Waals surface area contributed by atoms with Crippen LogP contribution in [0.4, 0.5) is 11.5 Å². The minimum atomic E-state index is -0.161. The van der Waals surface area contributed by atoms with Crippen molar-refractivity contribution < 1.29 is 4.79 Å². The number of nitrogens with one attached hydrogen (secondary N) is 2. The fourth-order valence-electron chi connectivity index (χ4n) is 4.04. The molecule has 0 saturated carbocycles. The van der Waals surface area contributed by atoms with Crippen LogP contribution >= 0.6 is 0 Å². The second-order valence-electron chi connectivity index (χ2n) is 8.14. The number of fused-ring (bicyclic) bond motifs is 1. The Balaban J connectivity index is 1.40. The highest BCUT2D eigenvalue weighted by Crippen LogP contribution is 2.25. The van der Waals surface area contributed by atoms with Gasteiger partial charge in [-0.2, -0.15) is 0 Å². The highest BCUT2D eigenvalue weighted by Gasteiger charge is 2.17. The molecule has 0 unspecified atom stereocenters. The number of carbonyl (C=O) groups excluding carboxylic acids is 1.